The summed E-state index contributed by atoms with van der Waals surface area (Å²) in [6, 6.07) is 8.97. The van der Waals surface area contributed by atoms with Crippen LogP contribution in [0.25, 0.3) is 10.2 Å². The molecule has 3 unspecified atom stereocenters. The van der Waals surface area contributed by atoms with Crippen LogP contribution < -0.4 is 5.32 Å². The molecule has 1 fully saturated rings. The Morgan fingerprint density at radius 2 is 2.26 bits per heavy atom. The highest BCUT2D eigenvalue weighted by molar-refractivity contribution is 7.18. The third-order valence-corrected chi connectivity index (χ3v) is 5.26. The first-order valence-corrected chi connectivity index (χ1v) is 7.82. The van der Waals surface area contributed by atoms with E-state index in [-0.39, 0.29) is 6.04 Å². The van der Waals surface area contributed by atoms with E-state index in [1.807, 2.05) is 6.07 Å². The highest BCUT2D eigenvalue weighted by atomic mass is 32.1. The van der Waals surface area contributed by atoms with E-state index in [1.54, 1.807) is 11.3 Å². The molecule has 0 radical (unpaired) electrons. The summed E-state index contributed by atoms with van der Waals surface area (Å²) in [6.45, 7) is 2.47. The first-order chi connectivity index (χ1) is 9.28. The van der Waals surface area contributed by atoms with Crippen LogP contribution in [-0.4, -0.2) is 22.7 Å². The molecule has 1 heterocycles. The molecule has 0 aliphatic heterocycles. The van der Waals surface area contributed by atoms with Crippen LogP contribution in [0, 0.1) is 5.92 Å². The maximum Gasteiger partial charge on any atom is 0.111 e. The van der Waals surface area contributed by atoms with E-state index in [0.29, 0.717) is 18.6 Å². The van der Waals surface area contributed by atoms with Gasteiger partial charge >= 0.3 is 0 Å². The number of hydrogen-bond donors (Lipinski definition) is 2. The Morgan fingerprint density at radius 3 is 3.05 bits per heavy atom. The summed E-state index contributed by atoms with van der Waals surface area (Å²) in [4.78, 5) is 4.70. The molecule has 0 amide bonds. The molecule has 3 rings (SSSR count). The van der Waals surface area contributed by atoms with Crippen LogP contribution in [0.15, 0.2) is 24.3 Å². The van der Waals surface area contributed by atoms with Crippen LogP contribution in [0.1, 0.15) is 37.2 Å². The highest BCUT2D eigenvalue weighted by Crippen LogP contribution is 2.30. The van der Waals surface area contributed by atoms with Crippen molar-refractivity contribution in [2.45, 2.75) is 38.3 Å². The molecule has 1 aliphatic carbocycles. The normalized spacial score (nSPS) is 24.9. The summed E-state index contributed by atoms with van der Waals surface area (Å²) in [5, 5.41) is 14.2. The van der Waals surface area contributed by atoms with E-state index in [0.717, 1.165) is 16.9 Å². The van der Waals surface area contributed by atoms with Crippen molar-refractivity contribution in [3.63, 3.8) is 0 Å². The topological polar surface area (TPSA) is 45.1 Å². The summed E-state index contributed by atoms with van der Waals surface area (Å²) in [6.07, 6.45) is 3.52. The molecular formula is C15H20N2OS. The smallest absolute Gasteiger partial charge is 0.111 e. The van der Waals surface area contributed by atoms with Crippen molar-refractivity contribution in [1.82, 2.24) is 10.3 Å². The van der Waals surface area contributed by atoms with E-state index >= 15 is 0 Å². The number of hydrogen-bond acceptors (Lipinski definition) is 4. The van der Waals surface area contributed by atoms with Crippen LogP contribution in [-0.2, 0) is 0 Å². The Balaban J connectivity index is 1.74. The number of rotatable bonds is 4. The molecule has 1 saturated carbocycles. The third-order valence-electron chi connectivity index (χ3n) is 4.04. The fourth-order valence-electron chi connectivity index (χ4n) is 2.94. The minimum absolute atomic E-state index is 0.259. The lowest BCUT2D eigenvalue weighted by atomic mass is 10.0. The van der Waals surface area contributed by atoms with Crippen LogP contribution in [0.5, 0.6) is 0 Å². The number of nitrogens with zero attached hydrogens (tertiary/aromatic N) is 1. The van der Waals surface area contributed by atoms with E-state index in [4.69, 9.17) is 4.98 Å². The predicted octanol–water partition coefficient (Wildman–Crippen LogP) is 3.11. The Kier molecular flexibility index (Phi) is 3.82. The van der Waals surface area contributed by atoms with Crippen LogP contribution in [0.3, 0.4) is 0 Å². The van der Waals surface area contributed by atoms with Gasteiger partial charge in [-0.1, -0.05) is 18.6 Å². The number of aliphatic hydroxyl groups excluding tert-OH is 1. The molecule has 3 nitrogen and oxygen atoms in total. The zero-order valence-corrected chi connectivity index (χ0v) is 12.0. The minimum Gasteiger partial charge on any atom is -0.396 e. The molecule has 0 saturated heterocycles. The molecule has 0 bridgehead atoms. The number of aromatic nitrogens is 1. The Morgan fingerprint density at radius 1 is 1.42 bits per heavy atom. The molecule has 1 aromatic heterocycles. The zero-order valence-electron chi connectivity index (χ0n) is 11.2. The molecule has 102 valence electrons. The zero-order chi connectivity index (χ0) is 13.2. The first-order valence-electron chi connectivity index (χ1n) is 7.00. The largest absolute Gasteiger partial charge is 0.396 e. The number of benzene rings is 1. The average molecular weight is 276 g/mol. The van der Waals surface area contributed by atoms with Crippen LogP contribution in [0.4, 0.5) is 0 Å². The van der Waals surface area contributed by atoms with Crippen molar-refractivity contribution in [2.24, 2.45) is 5.92 Å². The summed E-state index contributed by atoms with van der Waals surface area (Å²) < 4.78 is 1.25. The van der Waals surface area contributed by atoms with Gasteiger partial charge in [-0.25, -0.2) is 4.98 Å². The van der Waals surface area contributed by atoms with Gasteiger partial charge in [0, 0.05) is 12.6 Å². The minimum atomic E-state index is 0.259. The number of nitrogens with one attached hydrogen (secondary N) is 1. The quantitative estimate of drug-likeness (QED) is 0.902. The van der Waals surface area contributed by atoms with Crippen LogP contribution in [0.2, 0.25) is 0 Å². The lowest BCUT2D eigenvalue weighted by Gasteiger charge is -2.22. The van der Waals surface area contributed by atoms with Gasteiger partial charge in [0.05, 0.1) is 16.3 Å². The van der Waals surface area contributed by atoms with Crippen molar-refractivity contribution in [3.8, 4) is 0 Å². The molecule has 0 spiro atoms. The lowest BCUT2D eigenvalue weighted by Crippen LogP contribution is -2.35. The Hall–Kier alpha value is -0.970. The van der Waals surface area contributed by atoms with Gasteiger partial charge in [-0.05, 0) is 37.8 Å². The molecule has 2 N–H and O–H groups in total. The predicted molar refractivity (Wildman–Crippen MR) is 79.4 cm³/mol. The van der Waals surface area contributed by atoms with E-state index < -0.39 is 0 Å². The van der Waals surface area contributed by atoms with Gasteiger partial charge in [0.1, 0.15) is 5.01 Å². The summed E-state index contributed by atoms with van der Waals surface area (Å²) >= 11 is 1.76. The van der Waals surface area contributed by atoms with Crippen molar-refractivity contribution in [3.05, 3.63) is 29.3 Å². The Bertz CT molecular complexity index is 521. The van der Waals surface area contributed by atoms with Crippen molar-refractivity contribution in [2.75, 3.05) is 6.61 Å². The van der Waals surface area contributed by atoms with Gasteiger partial charge in [0.15, 0.2) is 0 Å². The Labute approximate surface area is 117 Å². The summed E-state index contributed by atoms with van der Waals surface area (Å²) in [7, 11) is 0. The van der Waals surface area contributed by atoms with Gasteiger partial charge in [-0.2, -0.15) is 0 Å². The fraction of sp³-hybridized carbons (Fsp3) is 0.533. The van der Waals surface area contributed by atoms with Crippen molar-refractivity contribution < 1.29 is 5.11 Å². The fourth-order valence-corrected chi connectivity index (χ4v) is 3.92. The van der Waals surface area contributed by atoms with Gasteiger partial charge in [0.25, 0.3) is 0 Å². The highest BCUT2D eigenvalue weighted by Gasteiger charge is 2.28. The number of fused-ring (bicyclic) bond motifs is 1. The van der Waals surface area contributed by atoms with Gasteiger partial charge in [0.2, 0.25) is 0 Å². The maximum absolute atomic E-state index is 9.38. The van der Waals surface area contributed by atoms with Crippen molar-refractivity contribution in [1.29, 1.82) is 0 Å². The van der Waals surface area contributed by atoms with E-state index in [1.165, 1.54) is 17.5 Å². The van der Waals surface area contributed by atoms with Crippen LogP contribution >= 0.6 is 11.3 Å². The van der Waals surface area contributed by atoms with Gasteiger partial charge in [-0.15, -0.1) is 11.3 Å². The molecule has 1 aromatic carbocycles. The van der Waals surface area contributed by atoms with Gasteiger partial charge < -0.3 is 10.4 Å². The molecule has 19 heavy (non-hydrogen) atoms. The standard InChI is InChI=1S/C15H20N2OS/c1-10(16-12-7-4-5-11(12)9-18)15-17-13-6-2-3-8-14(13)19-15/h2-3,6,8,10-12,16,18H,4-5,7,9H2,1H3. The lowest BCUT2D eigenvalue weighted by molar-refractivity contribution is 0.200. The molecule has 1 aliphatic rings. The molecule has 4 heteroatoms. The second-order valence-electron chi connectivity index (χ2n) is 5.39. The van der Waals surface area contributed by atoms with E-state index in [9.17, 15) is 5.11 Å². The number of thiazole rings is 1. The van der Waals surface area contributed by atoms with Gasteiger partial charge in [-0.3, -0.25) is 0 Å². The second kappa shape index (κ2) is 5.57. The monoisotopic (exact) mass is 276 g/mol. The molecular weight excluding hydrogens is 256 g/mol. The summed E-state index contributed by atoms with van der Waals surface area (Å²) in [5.74, 6) is 0.414. The third kappa shape index (κ3) is 2.66. The van der Waals surface area contributed by atoms with Crippen molar-refractivity contribution >= 4 is 21.6 Å². The maximum atomic E-state index is 9.38. The number of para-hydroxylation sites is 1. The van der Waals surface area contributed by atoms with E-state index in [2.05, 4.69) is 30.4 Å². The first kappa shape index (κ1) is 13.0. The second-order valence-corrected chi connectivity index (χ2v) is 6.45. The average Bonchev–Trinajstić information content (AvgIpc) is 3.03. The molecule has 3 atom stereocenters. The number of aliphatic hydroxyl groups is 1. The summed E-state index contributed by atoms with van der Waals surface area (Å²) in [5.41, 5.74) is 1.08. The molecule has 2 aromatic rings. The SMILES string of the molecule is CC(NC1CCCC1CO)c1nc2ccccc2s1.